The molecule has 0 bridgehead atoms. The summed E-state index contributed by atoms with van der Waals surface area (Å²) in [5.41, 5.74) is 0.281. The molecule has 100 valence electrons. The van der Waals surface area contributed by atoms with Crippen LogP contribution in [-0.2, 0) is 12.8 Å². The van der Waals surface area contributed by atoms with E-state index in [0.29, 0.717) is 17.6 Å². The van der Waals surface area contributed by atoms with Crippen LogP contribution in [0.25, 0.3) is 11.1 Å². The van der Waals surface area contributed by atoms with Crippen molar-refractivity contribution in [2.75, 3.05) is 0 Å². The fourth-order valence-electron chi connectivity index (χ4n) is 2.32. The first-order valence-electron chi connectivity index (χ1n) is 6.73. The van der Waals surface area contributed by atoms with Gasteiger partial charge in [-0.3, -0.25) is 4.79 Å². The van der Waals surface area contributed by atoms with E-state index in [1.807, 2.05) is 6.92 Å². The Kier molecular flexibility index (Phi) is 2.97. The number of aryl methyl sites for hydroxylation is 2. The summed E-state index contributed by atoms with van der Waals surface area (Å²) in [4.78, 5) is 30.6. The Morgan fingerprint density at radius 3 is 2.89 bits per heavy atom. The molecule has 5 heteroatoms. The lowest BCUT2D eigenvalue weighted by Gasteiger charge is -2.04. The molecule has 0 atom stereocenters. The van der Waals surface area contributed by atoms with Crippen molar-refractivity contribution in [2.24, 2.45) is 5.92 Å². The van der Waals surface area contributed by atoms with Gasteiger partial charge in [0.15, 0.2) is 0 Å². The van der Waals surface area contributed by atoms with Crippen molar-refractivity contribution in [2.45, 2.75) is 39.0 Å². The molecule has 1 fully saturated rings. The number of rotatable bonds is 4. The van der Waals surface area contributed by atoms with Crippen molar-refractivity contribution in [1.29, 1.82) is 0 Å². The smallest absolute Gasteiger partial charge is 0.337 e. The van der Waals surface area contributed by atoms with E-state index in [-0.39, 0.29) is 11.3 Å². The van der Waals surface area contributed by atoms with Gasteiger partial charge in [0.25, 0.3) is 5.56 Å². The van der Waals surface area contributed by atoms with E-state index in [9.17, 15) is 9.59 Å². The third-order valence-electron chi connectivity index (χ3n) is 3.60. The topological polar surface area (TPSA) is 76.0 Å². The zero-order valence-corrected chi connectivity index (χ0v) is 10.9. The molecule has 2 heterocycles. The Labute approximate surface area is 109 Å². The summed E-state index contributed by atoms with van der Waals surface area (Å²) in [6.07, 6.45) is 4.87. The first-order valence-corrected chi connectivity index (χ1v) is 6.73. The van der Waals surface area contributed by atoms with E-state index >= 15 is 0 Å². The van der Waals surface area contributed by atoms with Gasteiger partial charge in [0, 0.05) is 12.5 Å². The number of hydrogen-bond acceptors (Lipinski definition) is 4. The Bertz CT molecular complexity index is 726. The van der Waals surface area contributed by atoms with Gasteiger partial charge in [0.2, 0.25) is 5.71 Å². The summed E-state index contributed by atoms with van der Waals surface area (Å²) < 4.78 is 5.06. The molecular weight excluding hydrogens is 244 g/mol. The molecule has 0 spiro atoms. The van der Waals surface area contributed by atoms with Gasteiger partial charge in [0.1, 0.15) is 11.2 Å². The lowest BCUT2D eigenvalue weighted by atomic mass is 10.1. The van der Waals surface area contributed by atoms with E-state index < -0.39 is 5.63 Å². The first kappa shape index (κ1) is 12.1. The van der Waals surface area contributed by atoms with Crippen molar-refractivity contribution >= 4 is 11.1 Å². The Hall–Kier alpha value is -1.91. The second-order valence-corrected chi connectivity index (χ2v) is 5.12. The van der Waals surface area contributed by atoms with Crippen molar-refractivity contribution < 1.29 is 4.42 Å². The van der Waals surface area contributed by atoms with Crippen LogP contribution in [0, 0.1) is 5.92 Å². The second kappa shape index (κ2) is 4.64. The van der Waals surface area contributed by atoms with E-state index in [2.05, 4.69) is 9.97 Å². The number of fused-ring (bicyclic) bond motifs is 1. The fraction of sp³-hybridized carbons (Fsp3) is 0.500. The molecule has 5 nitrogen and oxygen atoms in total. The van der Waals surface area contributed by atoms with Crippen LogP contribution in [0.3, 0.4) is 0 Å². The monoisotopic (exact) mass is 260 g/mol. The Morgan fingerprint density at radius 1 is 1.42 bits per heavy atom. The van der Waals surface area contributed by atoms with Gasteiger partial charge in [-0.25, -0.2) is 4.79 Å². The van der Waals surface area contributed by atoms with E-state index in [1.54, 1.807) is 0 Å². The van der Waals surface area contributed by atoms with Crippen LogP contribution in [0.5, 0.6) is 0 Å². The fourth-order valence-corrected chi connectivity index (χ4v) is 2.32. The highest BCUT2D eigenvalue weighted by Gasteiger charge is 2.22. The minimum absolute atomic E-state index is 0.166. The van der Waals surface area contributed by atoms with Crippen molar-refractivity contribution in [3.8, 4) is 0 Å². The molecule has 0 aliphatic heterocycles. The number of H-pyrrole nitrogens is 1. The standard InChI is InChI=1S/C14H16N2O3/c1-2-10-15-13(18)12-9(6-5-8-3-4-8)7-11(17)19-14(12)16-10/h7-8H,2-6H2,1H3,(H,15,16,18). The average molecular weight is 260 g/mol. The summed E-state index contributed by atoms with van der Waals surface area (Å²) in [7, 11) is 0. The maximum Gasteiger partial charge on any atom is 0.337 e. The molecule has 1 saturated carbocycles. The number of nitrogens with zero attached hydrogens (tertiary/aromatic N) is 1. The van der Waals surface area contributed by atoms with E-state index in [0.717, 1.165) is 24.3 Å². The highest BCUT2D eigenvalue weighted by atomic mass is 16.4. The molecule has 0 aromatic carbocycles. The van der Waals surface area contributed by atoms with Gasteiger partial charge in [-0.1, -0.05) is 19.8 Å². The SMILES string of the molecule is CCc1nc2oc(=O)cc(CCC3CC3)c2c(=O)[nH]1. The van der Waals surface area contributed by atoms with Gasteiger partial charge in [0.05, 0.1) is 0 Å². The molecule has 2 aromatic heterocycles. The molecule has 1 N–H and O–H groups in total. The third kappa shape index (κ3) is 2.45. The Morgan fingerprint density at radius 2 is 2.21 bits per heavy atom. The second-order valence-electron chi connectivity index (χ2n) is 5.12. The van der Waals surface area contributed by atoms with Gasteiger partial charge >= 0.3 is 5.63 Å². The minimum atomic E-state index is -0.432. The van der Waals surface area contributed by atoms with E-state index in [1.165, 1.54) is 18.9 Å². The molecule has 0 saturated heterocycles. The van der Waals surface area contributed by atoms with Crippen molar-refractivity contribution in [1.82, 2.24) is 9.97 Å². The van der Waals surface area contributed by atoms with Crippen molar-refractivity contribution in [3.05, 3.63) is 38.2 Å². The Balaban J connectivity index is 2.13. The molecule has 0 radical (unpaired) electrons. The van der Waals surface area contributed by atoms with Crippen LogP contribution in [-0.4, -0.2) is 9.97 Å². The maximum absolute atomic E-state index is 12.1. The normalized spacial score (nSPS) is 15.0. The zero-order valence-electron chi connectivity index (χ0n) is 10.9. The van der Waals surface area contributed by atoms with Gasteiger partial charge in [-0.05, 0) is 24.3 Å². The van der Waals surface area contributed by atoms with Crippen molar-refractivity contribution in [3.63, 3.8) is 0 Å². The zero-order chi connectivity index (χ0) is 13.4. The van der Waals surface area contributed by atoms with Crippen LogP contribution < -0.4 is 11.2 Å². The average Bonchev–Trinajstić information content (AvgIpc) is 3.18. The van der Waals surface area contributed by atoms with Gasteiger partial charge in [-0.2, -0.15) is 4.98 Å². The molecule has 0 amide bonds. The minimum Gasteiger partial charge on any atom is -0.403 e. The quantitative estimate of drug-likeness (QED) is 0.909. The van der Waals surface area contributed by atoms with Crippen LogP contribution in [0.2, 0.25) is 0 Å². The van der Waals surface area contributed by atoms with Crippen LogP contribution in [0.15, 0.2) is 20.1 Å². The molecule has 1 aliphatic carbocycles. The largest absolute Gasteiger partial charge is 0.403 e. The molecule has 2 aromatic rings. The number of aromatic nitrogens is 2. The third-order valence-corrected chi connectivity index (χ3v) is 3.60. The highest BCUT2D eigenvalue weighted by molar-refractivity contribution is 5.75. The molecule has 0 unspecified atom stereocenters. The summed E-state index contributed by atoms with van der Waals surface area (Å²) in [6, 6.07) is 1.42. The lowest BCUT2D eigenvalue weighted by Crippen LogP contribution is -2.16. The number of aromatic amines is 1. The predicted molar refractivity (Wildman–Crippen MR) is 71.3 cm³/mol. The molecule has 1 aliphatic rings. The summed E-state index contributed by atoms with van der Waals surface area (Å²) in [5, 5.41) is 0.428. The molecule has 19 heavy (non-hydrogen) atoms. The lowest BCUT2D eigenvalue weighted by molar-refractivity contribution is 0.542. The molecular formula is C14H16N2O3. The number of nitrogens with one attached hydrogen (secondary N) is 1. The summed E-state index contributed by atoms with van der Waals surface area (Å²) in [5.74, 6) is 1.30. The predicted octanol–water partition coefficient (Wildman–Crippen LogP) is 1.78. The van der Waals surface area contributed by atoms with Gasteiger partial charge in [-0.15, -0.1) is 0 Å². The summed E-state index contributed by atoms with van der Waals surface area (Å²) in [6.45, 7) is 1.89. The van der Waals surface area contributed by atoms with Crippen LogP contribution in [0.4, 0.5) is 0 Å². The summed E-state index contributed by atoms with van der Waals surface area (Å²) >= 11 is 0. The molecule has 3 rings (SSSR count). The van der Waals surface area contributed by atoms with Crippen LogP contribution in [0.1, 0.15) is 37.6 Å². The maximum atomic E-state index is 12.1. The van der Waals surface area contributed by atoms with Gasteiger partial charge < -0.3 is 9.40 Å². The van der Waals surface area contributed by atoms with E-state index in [4.69, 9.17) is 4.42 Å². The first-order chi connectivity index (χ1) is 9.17. The number of hydrogen-bond donors (Lipinski definition) is 1. The van der Waals surface area contributed by atoms with Crippen LogP contribution >= 0.6 is 0 Å². The highest BCUT2D eigenvalue weighted by Crippen LogP contribution is 2.33.